The second kappa shape index (κ2) is 16.3. The summed E-state index contributed by atoms with van der Waals surface area (Å²) >= 11 is 0. The number of carbonyl (C=O) groups excluding carboxylic acids is 1. The van der Waals surface area contributed by atoms with Crippen molar-refractivity contribution in [2.45, 2.75) is 83.4 Å². The van der Waals surface area contributed by atoms with E-state index in [-0.39, 0.29) is 0 Å². The molecule has 10 rings (SSSR count). The van der Waals surface area contributed by atoms with Crippen LogP contribution >= 0.6 is 0 Å². The van der Waals surface area contributed by atoms with Crippen molar-refractivity contribution in [3.8, 4) is 34.0 Å². The standard InChI is InChI=1S/C24H29N5O3.C22H19N5O/c1-24(2,30)21-13-17(5-9-25-21)27-22-14-19(6-10-26-22)32-20-15-29(18-3-4-18)28-23(20)16-7-11-31-12-8-16;1-13-4-2-5-18(25-13)21-20(19-6-3-11-27(19)26-21)15-9-10-24-17-8-7-14(22(23)28)12-16(15)17/h5-6,9-10,13-16,18,30H,3-4,7-8,11-12H2,1-2H3,(H,25,26,27);2,4-5,7-10,12H,3,6,11H2,1H3,(H2,23,28). The molecule has 8 heterocycles. The van der Waals surface area contributed by atoms with Gasteiger partial charge in [-0.1, -0.05) is 6.07 Å². The minimum Gasteiger partial charge on any atom is -0.454 e. The smallest absolute Gasteiger partial charge is 0.248 e. The molecule has 6 aromatic heterocycles. The van der Waals surface area contributed by atoms with Crippen LogP contribution in [0.15, 0.2) is 91.5 Å². The van der Waals surface area contributed by atoms with Crippen LogP contribution in [-0.2, 0) is 23.3 Å². The Hall–Kier alpha value is -6.51. The maximum Gasteiger partial charge on any atom is 0.248 e. The zero-order valence-corrected chi connectivity index (χ0v) is 34.0. The van der Waals surface area contributed by atoms with Crippen molar-refractivity contribution in [3.63, 3.8) is 0 Å². The molecule has 60 heavy (non-hydrogen) atoms. The number of primary amides is 1. The van der Waals surface area contributed by atoms with Crippen LogP contribution < -0.4 is 15.8 Å². The van der Waals surface area contributed by atoms with E-state index in [0.29, 0.717) is 34.8 Å². The number of rotatable bonds is 10. The highest BCUT2D eigenvalue weighted by atomic mass is 16.5. The molecule has 0 atom stereocenters. The van der Waals surface area contributed by atoms with Crippen molar-refractivity contribution >= 4 is 28.3 Å². The van der Waals surface area contributed by atoms with Gasteiger partial charge in [-0.3, -0.25) is 29.1 Å². The number of amides is 1. The number of aryl methyl sites for hydroxylation is 2. The van der Waals surface area contributed by atoms with Crippen molar-refractivity contribution in [1.82, 2.24) is 39.5 Å². The minimum atomic E-state index is -1.02. The predicted octanol–water partition coefficient (Wildman–Crippen LogP) is 8.18. The third-order valence-electron chi connectivity index (χ3n) is 11.1. The van der Waals surface area contributed by atoms with E-state index in [1.54, 1.807) is 38.5 Å². The first kappa shape index (κ1) is 39.0. The highest BCUT2D eigenvalue weighted by Gasteiger charge is 2.30. The van der Waals surface area contributed by atoms with E-state index >= 15 is 0 Å². The largest absolute Gasteiger partial charge is 0.454 e. The molecule has 1 saturated heterocycles. The molecule has 2 aliphatic heterocycles. The molecular formula is C46H48N10O4. The summed E-state index contributed by atoms with van der Waals surface area (Å²) in [5.41, 5.74) is 14.2. The van der Waals surface area contributed by atoms with Crippen molar-refractivity contribution in [1.29, 1.82) is 0 Å². The molecule has 4 N–H and O–H groups in total. The van der Waals surface area contributed by atoms with Crippen LogP contribution in [0.25, 0.3) is 33.4 Å². The second-order valence-corrected chi connectivity index (χ2v) is 16.2. The number of hydrogen-bond acceptors (Lipinski definition) is 11. The quantitative estimate of drug-likeness (QED) is 0.121. The fourth-order valence-corrected chi connectivity index (χ4v) is 7.89. The lowest BCUT2D eigenvalue weighted by atomic mass is 9.95. The number of nitrogens with zero attached hydrogens (tertiary/aromatic N) is 8. The van der Waals surface area contributed by atoms with Gasteiger partial charge in [0.1, 0.15) is 28.6 Å². The summed E-state index contributed by atoms with van der Waals surface area (Å²) in [4.78, 5) is 29.6. The number of anilines is 2. The SMILES string of the molecule is CC(C)(O)c1cc(Nc2cc(Oc3cn(C4CC4)nc3C3CCOCC3)ccn2)ccn1.Cc1cccc(-c2nn3c(c2-c2ccnc4ccc(C(N)=O)cc24)CCC3)n1. The Morgan fingerprint density at radius 2 is 1.77 bits per heavy atom. The highest BCUT2D eigenvalue weighted by molar-refractivity contribution is 6.03. The third kappa shape index (κ3) is 8.34. The van der Waals surface area contributed by atoms with E-state index in [1.165, 1.54) is 18.5 Å². The van der Waals surface area contributed by atoms with Gasteiger partial charge in [0.25, 0.3) is 0 Å². The molecular weight excluding hydrogens is 757 g/mol. The third-order valence-corrected chi connectivity index (χ3v) is 11.1. The number of benzene rings is 1. The van der Waals surface area contributed by atoms with Crippen LogP contribution in [-0.4, -0.2) is 63.7 Å². The van der Waals surface area contributed by atoms with Gasteiger partial charge in [0.15, 0.2) is 5.75 Å². The van der Waals surface area contributed by atoms with E-state index in [2.05, 4.69) is 29.6 Å². The molecule has 306 valence electrons. The van der Waals surface area contributed by atoms with Crippen LogP contribution in [0.5, 0.6) is 11.5 Å². The Morgan fingerprint density at radius 3 is 2.55 bits per heavy atom. The molecule has 0 spiro atoms. The average molecular weight is 805 g/mol. The first-order valence-corrected chi connectivity index (χ1v) is 20.6. The van der Waals surface area contributed by atoms with Gasteiger partial charge >= 0.3 is 0 Å². The van der Waals surface area contributed by atoms with Crippen molar-refractivity contribution in [2.75, 3.05) is 18.5 Å². The van der Waals surface area contributed by atoms with Crippen LogP contribution in [0.1, 0.15) is 91.0 Å². The molecule has 0 unspecified atom stereocenters. The van der Waals surface area contributed by atoms with Gasteiger partial charge in [0.2, 0.25) is 5.91 Å². The first-order valence-electron chi connectivity index (χ1n) is 20.6. The van der Waals surface area contributed by atoms with Gasteiger partial charge < -0.3 is 25.6 Å². The molecule has 2 fully saturated rings. The second-order valence-electron chi connectivity index (χ2n) is 16.2. The van der Waals surface area contributed by atoms with Crippen LogP contribution in [0.4, 0.5) is 11.5 Å². The molecule has 0 radical (unpaired) electrons. The predicted molar refractivity (Wildman–Crippen MR) is 228 cm³/mol. The molecule has 1 saturated carbocycles. The summed E-state index contributed by atoms with van der Waals surface area (Å²) in [7, 11) is 0. The first-order chi connectivity index (χ1) is 29.1. The van der Waals surface area contributed by atoms with E-state index in [9.17, 15) is 9.90 Å². The minimum absolute atomic E-state index is 0.357. The van der Waals surface area contributed by atoms with Gasteiger partial charge in [0, 0.05) is 83.9 Å². The number of nitrogens with two attached hydrogens (primary N) is 1. The van der Waals surface area contributed by atoms with Gasteiger partial charge in [-0.15, -0.1) is 0 Å². The number of carbonyl (C=O) groups is 1. The number of aliphatic hydroxyl groups is 1. The number of pyridine rings is 4. The van der Waals surface area contributed by atoms with Crippen LogP contribution in [0.2, 0.25) is 0 Å². The molecule has 0 bridgehead atoms. The average Bonchev–Trinajstić information content (AvgIpc) is 3.68. The topological polar surface area (TPSA) is 181 Å². The zero-order chi connectivity index (χ0) is 41.4. The molecule has 1 amide bonds. The summed E-state index contributed by atoms with van der Waals surface area (Å²) in [6.45, 7) is 7.84. The Morgan fingerprint density at radius 1 is 0.950 bits per heavy atom. The van der Waals surface area contributed by atoms with Crippen LogP contribution in [0.3, 0.4) is 0 Å². The Bertz CT molecular complexity index is 2690. The lowest BCUT2D eigenvalue weighted by Gasteiger charge is -2.21. The summed E-state index contributed by atoms with van der Waals surface area (Å²) in [6.07, 6.45) is 13.5. The summed E-state index contributed by atoms with van der Waals surface area (Å²) in [5.74, 6) is 2.07. The molecule has 7 aromatic rings. The summed E-state index contributed by atoms with van der Waals surface area (Å²) in [5, 5.41) is 24.2. The lowest BCUT2D eigenvalue weighted by molar-refractivity contribution is 0.0739. The Kier molecular flexibility index (Phi) is 10.6. The van der Waals surface area contributed by atoms with E-state index in [4.69, 9.17) is 30.4 Å². The number of ether oxygens (including phenoxy) is 2. The van der Waals surface area contributed by atoms with Crippen molar-refractivity contribution in [3.05, 3.63) is 120 Å². The van der Waals surface area contributed by atoms with Gasteiger partial charge in [-0.2, -0.15) is 10.2 Å². The zero-order valence-electron chi connectivity index (χ0n) is 34.0. The summed E-state index contributed by atoms with van der Waals surface area (Å²) in [6, 6.07) is 21.2. The molecule has 1 aliphatic carbocycles. The van der Waals surface area contributed by atoms with Crippen molar-refractivity contribution < 1.29 is 19.4 Å². The van der Waals surface area contributed by atoms with Crippen LogP contribution in [0, 0.1) is 6.92 Å². The molecule has 3 aliphatic rings. The molecule has 14 heteroatoms. The fraction of sp³-hybridized carbons (Fsp3) is 0.326. The van der Waals surface area contributed by atoms with Gasteiger partial charge in [-0.25, -0.2) is 4.98 Å². The normalized spacial score (nSPS) is 15.3. The Labute approximate surface area is 347 Å². The number of fused-ring (bicyclic) bond motifs is 2. The maximum absolute atomic E-state index is 11.7. The highest BCUT2D eigenvalue weighted by Crippen LogP contribution is 2.42. The number of aromatic nitrogens is 8. The van der Waals surface area contributed by atoms with E-state index in [1.807, 2.05) is 73.8 Å². The maximum atomic E-state index is 11.7. The number of nitrogens with one attached hydrogen (secondary N) is 1. The lowest BCUT2D eigenvalue weighted by Crippen LogP contribution is -2.17. The van der Waals surface area contributed by atoms with Crippen molar-refractivity contribution in [2.24, 2.45) is 5.73 Å². The van der Waals surface area contributed by atoms with Gasteiger partial charge in [-0.05, 0) is 119 Å². The van der Waals surface area contributed by atoms with Gasteiger partial charge in [0.05, 0.1) is 29.1 Å². The monoisotopic (exact) mass is 804 g/mol. The van der Waals surface area contributed by atoms with E-state index < -0.39 is 11.5 Å². The number of hydrogen-bond donors (Lipinski definition) is 3. The van der Waals surface area contributed by atoms with E-state index in [0.717, 1.165) is 102 Å². The fourth-order valence-electron chi connectivity index (χ4n) is 7.89. The molecule has 1 aromatic carbocycles. The Balaban J connectivity index is 0.000000155. The molecule has 14 nitrogen and oxygen atoms in total. The summed E-state index contributed by atoms with van der Waals surface area (Å²) < 4.78 is 16.0.